The Balaban J connectivity index is 0.000000267. The molecule has 116 valence electrons. The average molecular weight is 305 g/mol. The summed E-state index contributed by atoms with van der Waals surface area (Å²) in [7, 11) is 0. The third kappa shape index (κ3) is 4.20. The van der Waals surface area contributed by atoms with Crippen LogP contribution < -0.4 is 0 Å². The molecule has 1 aliphatic heterocycles. The second kappa shape index (κ2) is 8.15. The van der Waals surface area contributed by atoms with Gasteiger partial charge in [-0.3, -0.25) is 15.0 Å². The molecule has 1 fully saturated rings. The Labute approximate surface area is 136 Å². The fourth-order valence-corrected chi connectivity index (χ4v) is 2.40. The number of hydrogen-bond donors (Lipinski definition) is 0. The Morgan fingerprint density at radius 1 is 0.739 bits per heavy atom. The quantitative estimate of drug-likeness (QED) is 0.718. The number of ether oxygens (including phenoxy) is 1. The maximum atomic E-state index is 4.94. The van der Waals surface area contributed by atoms with Gasteiger partial charge in [0.1, 0.15) is 0 Å². The van der Waals surface area contributed by atoms with Gasteiger partial charge < -0.3 is 4.74 Å². The van der Waals surface area contributed by atoms with Crippen molar-refractivity contribution in [1.82, 2.24) is 15.0 Å². The van der Waals surface area contributed by atoms with Crippen molar-refractivity contribution in [3.8, 4) is 22.4 Å². The van der Waals surface area contributed by atoms with Crippen LogP contribution in [0.2, 0.25) is 0 Å². The van der Waals surface area contributed by atoms with E-state index in [0.29, 0.717) is 0 Å². The monoisotopic (exact) mass is 305 g/mol. The number of rotatable bonds is 2. The summed E-state index contributed by atoms with van der Waals surface area (Å²) in [4.78, 5) is 12.8. The molecule has 4 nitrogen and oxygen atoms in total. The molecular formula is C19H19N3O. The lowest BCUT2D eigenvalue weighted by Crippen LogP contribution is -1.89. The van der Waals surface area contributed by atoms with Crippen LogP contribution in [0.5, 0.6) is 0 Å². The van der Waals surface area contributed by atoms with E-state index in [0.717, 1.165) is 35.6 Å². The first-order valence-corrected chi connectivity index (χ1v) is 7.79. The molecule has 0 atom stereocenters. The van der Waals surface area contributed by atoms with Crippen molar-refractivity contribution in [2.75, 3.05) is 13.2 Å². The van der Waals surface area contributed by atoms with Crippen LogP contribution in [-0.4, -0.2) is 28.2 Å². The summed E-state index contributed by atoms with van der Waals surface area (Å²) in [5.41, 5.74) is 4.07. The van der Waals surface area contributed by atoms with Crippen molar-refractivity contribution >= 4 is 0 Å². The van der Waals surface area contributed by atoms with Gasteiger partial charge in [-0.15, -0.1) is 0 Å². The normalized spacial score (nSPS) is 13.2. The smallest absolute Gasteiger partial charge is 0.0796 e. The fraction of sp³-hybridized carbons (Fsp3) is 0.211. The number of aromatic nitrogens is 3. The van der Waals surface area contributed by atoms with E-state index in [-0.39, 0.29) is 0 Å². The molecule has 1 saturated heterocycles. The van der Waals surface area contributed by atoms with Crippen molar-refractivity contribution in [1.29, 1.82) is 0 Å². The van der Waals surface area contributed by atoms with Crippen molar-refractivity contribution in [3.05, 3.63) is 67.4 Å². The van der Waals surface area contributed by atoms with E-state index in [9.17, 15) is 0 Å². The summed E-state index contributed by atoms with van der Waals surface area (Å²) in [6, 6.07) is 11.9. The van der Waals surface area contributed by atoms with Crippen LogP contribution in [0.1, 0.15) is 12.8 Å². The summed E-state index contributed by atoms with van der Waals surface area (Å²) >= 11 is 0. The Morgan fingerprint density at radius 2 is 1.39 bits per heavy atom. The predicted molar refractivity (Wildman–Crippen MR) is 90.8 cm³/mol. The lowest BCUT2D eigenvalue weighted by Gasteiger charge is -2.07. The second-order valence-corrected chi connectivity index (χ2v) is 5.20. The third-order valence-electron chi connectivity index (χ3n) is 3.54. The topological polar surface area (TPSA) is 47.9 Å². The Hall–Kier alpha value is -2.59. The molecule has 0 aliphatic carbocycles. The molecule has 0 aromatic carbocycles. The van der Waals surface area contributed by atoms with Gasteiger partial charge >= 0.3 is 0 Å². The van der Waals surface area contributed by atoms with Gasteiger partial charge in [-0.1, -0.05) is 12.1 Å². The first-order chi connectivity index (χ1) is 11.4. The van der Waals surface area contributed by atoms with Gasteiger partial charge in [0, 0.05) is 60.9 Å². The highest BCUT2D eigenvalue weighted by Crippen LogP contribution is 2.28. The molecule has 0 saturated carbocycles. The van der Waals surface area contributed by atoms with Crippen molar-refractivity contribution in [3.63, 3.8) is 0 Å². The largest absolute Gasteiger partial charge is 0.381 e. The highest BCUT2D eigenvalue weighted by molar-refractivity contribution is 5.79. The average Bonchev–Trinajstić information content (AvgIpc) is 3.23. The molecule has 23 heavy (non-hydrogen) atoms. The first-order valence-electron chi connectivity index (χ1n) is 7.79. The van der Waals surface area contributed by atoms with E-state index in [1.54, 1.807) is 18.6 Å². The van der Waals surface area contributed by atoms with Gasteiger partial charge in [-0.2, -0.15) is 0 Å². The zero-order valence-electron chi connectivity index (χ0n) is 12.9. The lowest BCUT2D eigenvalue weighted by molar-refractivity contribution is 0.198. The van der Waals surface area contributed by atoms with E-state index < -0.39 is 0 Å². The van der Waals surface area contributed by atoms with E-state index in [1.165, 1.54) is 12.8 Å². The van der Waals surface area contributed by atoms with Crippen LogP contribution in [0, 0.1) is 0 Å². The highest BCUT2D eigenvalue weighted by atomic mass is 16.5. The van der Waals surface area contributed by atoms with Crippen LogP contribution in [0.25, 0.3) is 22.4 Å². The number of hydrogen-bond acceptors (Lipinski definition) is 4. The van der Waals surface area contributed by atoms with Crippen LogP contribution >= 0.6 is 0 Å². The van der Waals surface area contributed by atoms with Gasteiger partial charge in [-0.05, 0) is 37.1 Å². The molecule has 4 heteroatoms. The lowest BCUT2D eigenvalue weighted by atomic mass is 10.0. The summed E-state index contributed by atoms with van der Waals surface area (Å²) in [5.74, 6) is 0. The minimum atomic E-state index is 0.929. The van der Waals surface area contributed by atoms with Crippen LogP contribution in [0.3, 0.4) is 0 Å². The number of nitrogens with zero attached hydrogens (tertiary/aromatic N) is 3. The van der Waals surface area contributed by atoms with Crippen LogP contribution in [0.15, 0.2) is 67.4 Å². The highest BCUT2D eigenvalue weighted by Gasteiger charge is 2.07. The van der Waals surface area contributed by atoms with Gasteiger partial charge in [0.15, 0.2) is 0 Å². The molecule has 1 aliphatic rings. The molecular weight excluding hydrogens is 286 g/mol. The fourth-order valence-electron chi connectivity index (χ4n) is 2.40. The van der Waals surface area contributed by atoms with Crippen molar-refractivity contribution in [2.45, 2.75) is 12.8 Å². The molecule has 0 bridgehead atoms. The Morgan fingerprint density at radius 3 is 1.96 bits per heavy atom. The van der Waals surface area contributed by atoms with E-state index in [4.69, 9.17) is 4.74 Å². The molecule has 4 heterocycles. The zero-order chi connectivity index (χ0) is 15.7. The minimum Gasteiger partial charge on any atom is -0.381 e. The standard InChI is InChI=1S/C15H11N3.C4H8O/c1-4-12(10-16-7-1)14-6-3-9-18-15(14)13-5-2-8-17-11-13;1-2-4-5-3-1/h1-11H;1-4H2. The Kier molecular flexibility index (Phi) is 5.43. The molecule has 0 unspecified atom stereocenters. The van der Waals surface area contributed by atoms with Crippen LogP contribution in [-0.2, 0) is 4.74 Å². The number of pyridine rings is 3. The Bertz CT molecular complexity index is 647. The van der Waals surface area contributed by atoms with Crippen molar-refractivity contribution < 1.29 is 4.74 Å². The molecule has 4 rings (SSSR count). The van der Waals surface area contributed by atoms with Gasteiger partial charge in [-0.25, -0.2) is 0 Å². The van der Waals surface area contributed by atoms with E-state index >= 15 is 0 Å². The van der Waals surface area contributed by atoms with Gasteiger partial charge in [0.2, 0.25) is 0 Å². The van der Waals surface area contributed by atoms with E-state index in [2.05, 4.69) is 15.0 Å². The third-order valence-corrected chi connectivity index (χ3v) is 3.54. The maximum absolute atomic E-state index is 4.94. The molecule has 3 aromatic rings. The summed E-state index contributed by atoms with van der Waals surface area (Å²) < 4.78 is 4.94. The summed E-state index contributed by atoms with van der Waals surface area (Å²) in [6.07, 6.45) is 11.5. The summed E-state index contributed by atoms with van der Waals surface area (Å²) in [5, 5.41) is 0. The SMILES string of the molecule is C1CCOC1.c1cncc(-c2cccnc2-c2cccnc2)c1. The van der Waals surface area contributed by atoms with Crippen LogP contribution in [0.4, 0.5) is 0 Å². The zero-order valence-corrected chi connectivity index (χ0v) is 12.9. The first kappa shape index (κ1) is 15.3. The molecule has 0 radical (unpaired) electrons. The predicted octanol–water partition coefficient (Wildman–Crippen LogP) is 4.00. The molecule has 0 amide bonds. The van der Waals surface area contributed by atoms with Gasteiger partial charge in [0.05, 0.1) is 5.69 Å². The minimum absolute atomic E-state index is 0.929. The second-order valence-electron chi connectivity index (χ2n) is 5.20. The van der Waals surface area contributed by atoms with E-state index in [1.807, 2.05) is 48.8 Å². The van der Waals surface area contributed by atoms with Crippen molar-refractivity contribution in [2.24, 2.45) is 0 Å². The van der Waals surface area contributed by atoms with Gasteiger partial charge in [0.25, 0.3) is 0 Å². The molecule has 0 spiro atoms. The molecule has 3 aromatic heterocycles. The summed E-state index contributed by atoms with van der Waals surface area (Å²) in [6.45, 7) is 2.00. The maximum Gasteiger partial charge on any atom is 0.0796 e. The molecule has 0 N–H and O–H groups in total.